The van der Waals surface area contributed by atoms with Crippen molar-refractivity contribution in [2.45, 2.75) is 23.8 Å². The van der Waals surface area contributed by atoms with Gasteiger partial charge in [0.15, 0.2) is 0 Å². The highest BCUT2D eigenvalue weighted by atomic mass is 79.9. The first kappa shape index (κ1) is 18.4. The molecule has 1 aliphatic rings. The van der Waals surface area contributed by atoms with Crippen LogP contribution in [0.4, 0.5) is 0 Å². The van der Waals surface area contributed by atoms with Crippen molar-refractivity contribution in [2.75, 3.05) is 13.1 Å². The van der Waals surface area contributed by atoms with E-state index < -0.39 is 15.9 Å². The summed E-state index contributed by atoms with van der Waals surface area (Å²) in [7, 11) is -3.62. The molecule has 2 rings (SSSR count). The molecule has 0 unspecified atom stereocenters. The van der Waals surface area contributed by atoms with Gasteiger partial charge in [-0.25, -0.2) is 8.42 Å². The van der Waals surface area contributed by atoms with Crippen LogP contribution in [-0.4, -0.2) is 37.8 Å². The summed E-state index contributed by atoms with van der Waals surface area (Å²) in [6.07, 6.45) is 1.27. The molecule has 1 saturated heterocycles. The highest BCUT2D eigenvalue weighted by Gasteiger charge is 2.28. The monoisotopic (exact) mass is 397 g/mol. The van der Waals surface area contributed by atoms with Gasteiger partial charge in [0.25, 0.3) is 0 Å². The average Bonchev–Trinajstić information content (AvgIpc) is 2.38. The molecule has 4 N–H and O–H groups in total. The van der Waals surface area contributed by atoms with E-state index in [2.05, 4.69) is 15.9 Å². The van der Waals surface area contributed by atoms with Gasteiger partial charge in [-0.1, -0.05) is 15.9 Å². The molecule has 0 bridgehead atoms. The SMILES string of the molecule is Cl.NC(=O)c1cc(Br)cc(S(=O)(=O)N2CCC(N)CC2)c1. The third-order valence-corrected chi connectivity index (χ3v) is 5.63. The normalized spacial score (nSPS) is 17.2. The van der Waals surface area contributed by atoms with Gasteiger partial charge in [0.2, 0.25) is 15.9 Å². The molecule has 0 aromatic heterocycles. The fraction of sp³-hybridized carbons (Fsp3) is 0.417. The fourth-order valence-electron chi connectivity index (χ4n) is 2.12. The summed E-state index contributed by atoms with van der Waals surface area (Å²) in [6, 6.07) is 4.31. The molecule has 21 heavy (non-hydrogen) atoms. The Morgan fingerprint density at radius 3 is 2.33 bits per heavy atom. The van der Waals surface area contributed by atoms with E-state index in [1.807, 2.05) is 0 Å². The minimum Gasteiger partial charge on any atom is -0.366 e. The minimum atomic E-state index is -3.62. The van der Waals surface area contributed by atoms with Gasteiger partial charge in [-0.3, -0.25) is 4.79 Å². The number of carbonyl (C=O) groups excluding carboxylic acids is 1. The summed E-state index contributed by atoms with van der Waals surface area (Å²) < 4.78 is 27.0. The maximum atomic E-state index is 12.5. The van der Waals surface area contributed by atoms with Gasteiger partial charge in [0.05, 0.1) is 4.90 Å². The lowest BCUT2D eigenvalue weighted by atomic mass is 10.1. The van der Waals surface area contributed by atoms with Crippen LogP contribution in [0.3, 0.4) is 0 Å². The summed E-state index contributed by atoms with van der Waals surface area (Å²) in [6.45, 7) is 0.782. The van der Waals surface area contributed by atoms with E-state index in [-0.39, 0.29) is 28.9 Å². The van der Waals surface area contributed by atoms with E-state index in [1.54, 1.807) is 0 Å². The second-order valence-corrected chi connectivity index (χ2v) is 7.63. The van der Waals surface area contributed by atoms with Crippen LogP contribution in [0.15, 0.2) is 27.6 Å². The second-order valence-electron chi connectivity index (χ2n) is 4.78. The van der Waals surface area contributed by atoms with Crippen molar-refractivity contribution >= 4 is 44.3 Å². The maximum Gasteiger partial charge on any atom is 0.248 e. The van der Waals surface area contributed by atoms with E-state index in [0.29, 0.717) is 30.4 Å². The van der Waals surface area contributed by atoms with Crippen molar-refractivity contribution in [2.24, 2.45) is 11.5 Å². The summed E-state index contributed by atoms with van der Waals surface area (Å²) in [5, 5.41) is 0. The highest BCUT2D eigenvalue weighted by Crippen LogP contribution is 2.24. The van der Waals surface area contributed by atoms with Crippen LogP contribution in [0.2, 0.25) is 0 Å². The second kappa shape index (κ2) is 7.06. The lowest BCUT2D eigenvalue weighted by Gasteiger charge is -2.29. The Labute approximate surface area is 138 Å². The van der Waals surface area contributed by atoms with E-state index >= 15 is 0 Å². The topological polar surface area (TPSA) is 106 Å². The van der Waals surface area contributed by atoms with Crippen LogP contribution < -0.4 is 11.5 Å². The summed E-state index contributed by atoms with van der Waals surface area (Å²) in [5.74, 6) is -0.664. The molecule has 118 valence electrons. The Balaban J connectivity index is 0.00000220. The molecule has 0 atom stereocenters. The Morgan fingerprint density at radius 2 is 1.81 bits per heavy atom. The number of primary amides is 1. The molecule has 1 aliphatic heterocycles. The van der Waals surface area contributed by atoms with Crippen LogP contribution in [0.5, 0.6) is 0 Å². The molecule has 0 radical (unpaired) electrons. The van der Waals surface area contributed by atoms with Gasteiger partial charge >= 0.3 is 0 Å². The molecule has 6 nitrogen and oxygen atoms in total. The van der Waals surface area contributed by atoms with Crippen molar-refractivity contribution in [3.05, 3.63) is 28.2 Å². The van der Waals surface area contributed by atoms with Crippen molar-refractivity contribution in [3.8, 4) is 0 Å². The predicted octanol–water partition coefficient (Wildman–Crippen LogP) is 1.08. The average molecular weight is 399 g/mol. The number of rotatable bonds is 3. The molecular formula is C12H17BrClN3O3S. The van der Waals surface area contributed by atoms with E-state index in [9.17, 15) is 13.2 Å². The van der Waals surface area contributed by atoms with Crippen LogP contribution in [0.25, 0.3) is 0 Å². The third-order valence-electron chi connectivity index (χ3n) is 3.29. The number of benzene rings is 1. The Kier molecular flexibility index (Phi) is 6.18. The van der Waals surface area contributed by atoms with E-state index in [1.165, 1.54) is 22.5 Å². The number of hydrogen-bond donors (Lipinski definition) is 2. The van der Waals surface area contributed by atoms with Crippen molar-refractivity contribution < 1.29 is 13.2 Å². The van der Waals surface area contributed by atoms with Gasteiger partial charge < -0.3 is 11.5 Å². The lowest BCUT2D eigenvalue weighted by molar-refractivity contribution is 0.1000. The van der Waals surface area contributed by atoms with Crippen LogP contribution in [0.1, 0.15) is 23.2 Å². The first-order chi connectivity index (χ1) is 9.30. The highest BCUT2D eigenvalue weighted by molar-refractivity contribution is 9.10. The zero-order valence-corrected chi connectivity index (χ0v) is 14.4. The molecule has 9 heteroatoms. The Hall–Kier alpha value is -0.670. The van der Waals surface area contributed by atoms with Gasteiger partial charge in [-0.15, -0.1) is 12.4 Å². The van der Waals surface area contributed by atoms with E-state index in [0.717, 1.165) is 0 Å². The van der Waals surface area contributed by atoms with Gasteiger partial charge in [-0.2, -0.15) is 4.31 Å². The summed E-state index contributed by atoms with van der Waals surface area (Å²) in [5.41, 5.74) is 11.1. The molecule has 0 saturated carbocycles. The third kappa shape index (κ3) is 4.17. The number of nitrogens with two attached hydrogens (primary N) is 2. The van der Waals surface area contributed by atoms with Crippen LogP contribution in [0, 0.1) is 0 Å². The molecule has 1 heterocycles. The number of hydrogen-bond acceptors (Lipinski definition) is 4. The first-order valence-electron chi connectivity index (χ1n) is 6.17. The van der Waals surface area contributed by atoms with Crippen molar-refractivity contribution in [3.63, 3.8) is 0 Å². The minimum absolute atomic E-state index is 0. The summed E-state index contributed by atoms with van der Waals surface area (Å²) in [4.78, 5) is 11.3. The zero-order chi connectivity index (χ0) is 14.9. The van der Waals surface area contributed by atoms with Crippen LogP contribution in [-0.2, 0) is 10.0 Å². The fourth-order valence-corrected chi connectivity index (χ4v) is 4.31. The number of piperidine rings is 1. The molecule has 1 aromatic carbocycles. The van der Waals surface area contributed by atoms with Crippen molar-refractivity contribution in [1.82, 2.24) is 4.31 Å². The smallest absolute Gasteiger partial charge is 0.248 e. The quantitative estimate of drug-likeness (QED) is 0.794. The Bertz CT molecular complexity index is 631. The number of halogens is 2. The Morgan fingerprint density at radius 1 is 1.24 bits per heavy atom. The largest absolute Gasteiger partial charge is 0.366 e. The van der Waals surface area contributed by atoms with E-state index in [4.69, 9.17) is 11.5 Å². The first-order valence-corrected chi connectivity index (χ1v) is 8.40. The van der Waals surface area contributed by atoms with Crippen LogP contribution >= 0.6 is 28.3 Å². The molecular weight excluding hydrogens is 382 g/mol. The number of nitrogens with zero attached hydrogens (tertiary/aromatic N) is 1. The number of sulfonamides is 1. The molecule has 0 aliphatic carbocycles. The van der Waals surface area contributed by atoms with Gasteiger partial charge in [0.1, 0.15) is 0 Å². The number of amides is 1. The standard InChI is InChI=1S/C12H16BrN3O3S.ClH/c13-9-5-8(12(15)17)6-11(7-9)20(18,19)16-3-1-10(14)2-4-16;/h5-7,10H,1-4,14H2,(H2,15,17);1H. The molecule has 0 spiro atoms. The molecule has 1 fully saturated rings. The molecule has 1 amide bonds. The van der Waals surface area contributed by atoms with Crippen molar-refractivity contribution in [1.29, 1.82) is 0 Å². The summed E-state index contributed by atoms with van der Waals surface area (Å²) >= 11 is 3.20. The number of carbonyl (C=O) groups is 1. The van der Waals surface area contributed by atoms with Gasteiger partial charge in [-0.05, 0) is 31.0 Å². The zero-order valence-electron chi connectivity index (χ0n) is 11.2. The maximum absolute atomic E-state index is 12.5. The van der Waals surface area contributed by atoms with Gasteiger partial charge in [0, 0.05) is 29.2 Å². The molecule has 1 aromatic rings. The lowest BCUT2D eigenvalue weighted by Crippen LogP contribution is -2.42. The predicted molar refractivity (Wildman–Crippen MR) is 85.9 cm³/mol.